The molecule has 0 saturated heterocycles. The normalized spacial score (nSPS) is 13.0. The molecule has 0 amide bonds. The Morgan fingerprint density at radius 3 is 2.86 bits per heavy atom. The zero-order chi connectivity index (χ0) is 15.2. The molecular formula is C14H19Cl2N3O2. The Balaban J connectivity index is 2.08. The summed E-state index contributed by atoms with van der Waals surface area (Å²) < 4.78 is 12.4. The van der Waals surface area contributed by atoms with Crippen molar-refractivity contribution in [3.63, 3.8) is 0 Å². The molecule has 1 unspecified atom stereocenters. The first-order chi connectivity index (χ1) is 10.1. The van der Waals surface area contributed by atoms with Gasteiger partial charge in [-0.25, -0.2) is 9.97 Å². The Morgan fingerprint density at radius 1 is 1.33 bits per heavy atom. The number of ether oxygens (including phenoxy) is 2. The van der Waals surface area contributed by atoms with Gasteiger partial charge in [-0.2, -0.15) is 0 Å². The number of halogens is 2. The van der Waals surface area contributed by atoms with Crippen molar-refractivity contribution in [3.05, 3.63) is 23.1 Å². The first-order valence-electron chi connectivity index (χ1n) is 6.86. The second-order valence-electron chi connectivity index (χ2n) is 4.69. The quantitative estimate of drug-likeness (QED) is 0.549. The number of rotatable bonds is 8. The van der Waals surface area contributed by atoms with Crippen LogP contribution in [0.5, 0.6) is 0 Å². The average Bonchev–Trinajstić information content (AvgIpc) is 2.80. The summed E-state index contributed by atoms with van der Waals surface area (Å²) in [6.45, 7) is 4.53. The summed E-state index contributed by atoms with van der Waals surface area (Å²) >= 11 is 12.2. The first-order valence-corrected chi connectivity index (χ1v) is 7.67. The van der Waals surface area contributed by atoms with Gasteiger partial charge in [0.25, 0.3) is 0 Å². The van der Waals surface area contributed by atoms with E-state index in [0.29, 0.717) is 24.8 Å². The Morgan fingerprint density at radius 2 is 2.14 bits per heavy atom. The third kappa shape index (κ3) is 4.30. The van der Waals surface area contributed by atoms with Crippen LogP contribution in [0.1, 0.15) is 24.5 Å². The molecule has 0 spiro atoms. The maximum Gasteiger partial charge on any atom is 0.160 e. The predicted molar refractivity (Wildman–Crippen MR) is 84.1 cm³/mol. The van der Waals surface area contributed by atoms with Gasteiger partial charge in [0.1, 0.15) is 11.3 Å². The Hall–Kier alpha value is -0.880. The van der Waals surface area contributed by atoms with Gasteiger partial charge in [-0.05, 0) is 19.4 Å². The van der Waals surface area contributed by atoms with Gasteiger partial charge in [0.05, 0.1) is 23.6 Å². The lowest BCUT2D eigenvalue weighted by atomic mass is 10.4. The van der Waals surface area contributed by atoms with Crippen molar-refractivity contribution < 1.29 is 9.47 Å². The molecule has 2 aromatic heterocycles. The molecule has 0 N–H and O–H groups in total. The molecule has 2 heterocycles. The summed E-state index contributed by atoms with van der Waals surface area (Å²) in [5, 5.41) is 0.385. The highest BCUT2D eigenvalue weighted by molar-refractivity contribution is 6.31. The summed E-state index contributed by atoms with van der Waals surface area (Å²) in [7, 11) is 1.66. The number of aryl methyl sites for hydroxylation is 1. The van der Waals surface area contributed by atoms with Gasteiger partial charge in [-0.3, -0.25) is 0 Å². The van der Waals surface area contributed by atoms with Gasteiger partial charge >= 0.3 is 0 Å². The topological polar surface area (TPSA) is 49.2 Å². The van der Waals surface area contributed by atoms with Crippen LogP contribution in [0.3, 0.4) is 0 Å². The second kappa shape index (κ2) is 7.94. The molecule has 21 heavy (non-hydrogen) atoms. The average molecular weight is 332 g/mol. The van der Waals surface area contributed by atoms with Crippen LogP contribution in [-0.4, -0.2) is 41.5 Å². The molecule has 0 bridgehead atoms. The lowest BCUT2D eigenvalue weighted by Gasteiger charge is -2.10. The Kier molecular flexibility index (Phi) is 6.23. The summed E-state index contributed by atoms with van der Waals surface area (Å²) in [6, 6.07) is 1.80. The van der Waals surface area contributed by atoms with E-state index in [0.717, 1.165) is 30.0 Å². The van der Waals surface area contributed by atoms with Crippen molar-refractivity contribution in [1.29, 1.82) is 0 Å². The molecule has 0 aromatic carbocycles. The monoisotopic (exact) mass is 331 g/mol. The van der Waals surface area contributed by atoms with E-state index < -0.39 is 0 Å². The fourth-order valence-electron chi connectivity index (χ4n) is 2.10. The van der Waals surface area contributed by atoms with E-state index in [1.54, 1.807) is 19.4 Å². The number of nitrogens with zero attached hydrogens (tertiary/aromatic N) is 3. The van der Waals surface area contributed by atoms with Gasteiger partial charge in [0.2, 0.25) is 0 Å². The number of imidazole rings is 1. The molecule has 2 rings (SSSR count). The lowest BCUT2D eigenvalue weighted by molar-refractivity contribution is 0.0680. The Labute approximate surface area is 134 Å². The smallest absolute Gasteiger partial charge is 0.160 e. The van der Waals surface area contributed by atoms with Crippen LogP contribution in [-0.2, 0) is 16.0 Å². The van der Waals surface area contributed by atoms with Gasteiger partial charge in [-0.15, -0.1) is 11.6 Å². The van der Waals surface area contributed by atoms with E-state index in [1.165, 1.54) is 0 Å². The van der Waals surface area contributed by atoms with Gasteiger partial charge in [0.15, 0.2) is 5.65 Å². The third-order valence-electron chi connectivity index (χ3n) is 3.04. The van der Waals surface area contributed by atoms with Gasteiger partial charge in [0, 0.05) is 26.5 Å². The fraction of sp³-hybridized carbons (Fsp3) is 0.571. The molecule has 1 atom stereocenters. The lowest BCUT2D eigenvalue weighted by Crippen LogP contribution is -2.09. The molecule has 0 aliphatic carbocycles. The summed E-state index contributed by atoms with van der Waals surface area (Å²) in [5.41, 5.74) is 1.57. The van der Waals surface area contributed by atoms with E-state index in [4.69, 9.17) is 32.7 Å². The van der Waals surface area contributed by atoms with Crippen LogP contribution in [0.2, 0.25) is 5.02 Å². The predicted octanol–water partition coefficient (Wildman–Crippen LogP) is 3.44. The number of pyridine rings is 1. The largest absolute Gasteiger partial charge is 0.382 e. The van der Waals surface area contributed by atoms with E-state index in [-0.39, 0.29) is 5.38 Å². The molecule has 5 nitrogen and oxygen atoms in total. The van der Waals surface area contributed by atoms with E-state index in [1.807, 2.05) is 11.5 Å². The second-order valence-corrected chi connectivity index (χ2v) is 5.78. The summed E-state index contributed by atoms with van der Waals surface area (Å²) in [6.07, 6.45) is 2.48. The number of aromatic nitrogens is 3. The molecule has 7 heteroatoms. The number of methoxy groups -OCH3 is 1. The Bertz CT molecular complexity index is 587. The molecule has 2 aromatic rings. The molecular weight excluding hydrogens is 313 g/mol. The highest BCUT2D eigenvalue weighted by Crippen LogP contribution is 2.25. The minimum absolute atomic E-state index is 0.188. The van der Waals surface area contributed by atoms with Crippen LogP contribution < -0.4 is 0 Å². The highest BCUT2D eigenvalue weighted by atomic mass is 35.5. The van der Waals surface area contributed by atoms with Crippen molar-refractivity contribution in [3.8, 4) is 0 Å². The van der Waals surface area contributed by atoms with E-state index in [9.17, 15) is 0 Å². The van der Waals surface area contributed by atoms with Crippen LogP contribution in [0.15, 0.2) is 12.3 Å². The molecule has 0 fully saturated rings. The fourth-order valence-corrected chi connectivity index (χ4v) is 2.42. The van der Waals surface area contributed by atoms with Crippen molar-refractivity contribution >= 4 is 34.4 Å². The molecule has 0 radical (unpaired) electrons. The minimum atomic E-state index is -0.188. The van der Waals surface area contributed by atoms with Crippen LogP contribution in [0.25, 0.3) is 11.2 Å². The number of hydrogen-bond acceptors (Lipinski definition) is 4. The summed E-state index contributed by atoms with van der Waals surface area (Å²) in [5.74, 6) is 0.804. The van der Waals surface area contributed by atoms with E-state index >= 15 is 0 Å². The van der Waals surface area contributed by atoms with E-state index in [2.05, 4.69) is 9.97 Å². The summed E-state index contributed by atoms with van der Waals surface area (Å²) in [4.78, 5) is 8.89. The third-order valence-corrected chi connectivity index (χ3v) is 3.44. The van der Waals surface area contributed by atoms with Crippen LogP contribution in [0.4, 0.5) is 0 Å². The van der Waals surface area contributed by atoms with Gasteiger partial charge in [-0.1, -0.05) is 11.6 Å². The van der Waals surface area contributed by atoms with Crippen molar-refractivity contribution in [2.75, 3.05) is 26.9 Å². The SMILES string of the molecule is COCCOCCCn1c(C(C)Cl)nc2cc(Cl)cnc21. The molecule has 0 saturated carbocycles. The molecule has 0 aliphatic rings. The van der Waals surface area contributed by atoms with Crippen molar-refractivity contribution in [2.24, 2.45) is 0 Å². The molecule has 0 aliphatic heterocycles. The van der Waals surface area contributed by atoms with Crippen molar-refractivity contribution in [2.45, 2.75) is 25.3 Å². The first kappa shape index (κ1) is 16.5. The van der Waals surface area contributed by atoms with Crippen molar-refractivity contribution in [1.82, 2.24) is 14.5 Å². The van der Waals surface area contributed by atoms with Crippen LogP contribution in [0, 0.1) is 0 Å². The minimum Gasteiger partial charge on any atom is -0.382 e. The highest BCUT2D eigenvalue weighted by Gasteiger charge is 2.15. The zero-order valence-corrected chi connectivity index (χ0v) is 13.7. The number of hydrogen-bond donors (Lipinski definition) is 0. The van der Waals surface area contributed by atoms with Gasteiger partial charge < -0.3 is 14.0 Å². The van der Waals surface area contributed by atoms with Crippen LogP contribution >= 0.6 is 23.2 Å². The zero-order valence-electron chi connectivity index (χ0n) is 12.2. The molecule has 116 valence electrons. The maximum atomic E-state index is 6.21. The standard InChI is InChI=1S/C14H19Cl2N3O2/c1-10(15)13-18-12-8-11(16)9-17-14(12)19(13)4-3-5-21-7-6-20-2/h8-10H,3-7H2,1-2H3. The maximum absolute atomic E-state index is 6.21. The number of fused-ring (bicyclic) bond motifs is 1. The number of alkyl halides is 1.